The second-order valence-electron chi connectivity index (χ2n) is 7.00. The highest BCUT2D eigenvalue weighted by Crippen LogP contribution is 2.36. The first-order chi connectivity index (χ1) is 13.8. The number of pyridine rings is 2. The van der Waals surface area contributed by atoms with Crippen LogP contribution in [0.5, 0.6) is 5.88 Å². The zero-order chi connectivity index (χ0) is 21.1. The van der Waals surface area contributed by atoms with Crippen molar-refractivity contribution in [1.29, 1.82) is 0 Å². The molecule has 6 N–H and O–H groups in total. The fourth-order valence-corrected chi connectivity index (χ4v) is 3.10. The van der Waals surface area contributed by atoms with Crippen molar-refractivity contribution >= 4 is 23.2 Å². The Morgan fingerprint density at radius 3 is 2.59 bits per heavy atom. The van der Waals surface area contributed by atoms with Crippen LogP contribution in [-0.4, -0.2) is 35.1 Å². The van der Waals surface area contributed by atoms with Gasteiger partial charge in [-0.1, -0.05) is 6.92 Å². The highest BCUT2D eigenvalue weighted by atomic mass is 19.1. The number of hydrogen-bond donors (Lipinski definition) is 4. The largest absolute Gasteiger partial charge is 0.479 e. The number of methoxy groups -OCH3 is 1. The predicted octanol–water partition coefficient (Wildman–Crippen LogP) is 2.53. The molecular formula is C19H24F2N6O2. The maximum Gasteiger partial charge on any atom is 0.252 e. The van der Waals surface area contributed by atoms with Crippen molar-refractivity contribution < 1.29 is 18.3 Å². The Morgan fingerprint density at radius 1 is 1.31 bits per heavy atom. The van der Waals surface area contributed by atoms with Crippen LogP contribution >= 0.6 is 0 Å². The monoisotopic (exact) mass is 406 g/mol. The average Bonchev–Trinajstić information content (AvgIpc) is 3.52. The van der Waals surface area contributed by atoms with Crippen LogP contribution in [0.2, 0.25) is 0 Å². The maximum atomic E-state index is 14.6. The molecule has 156 valence electrons. The lowest BCUT2D eigenvalue weighted by molar-refractivity contribution is 0.100. The highest BCUT2D eigenvalue weighted by molar-refractivity contribution is 5.98. The lowest BCUT2D eigenvalue weighted by atomic mass is 10.0. The van der Waals surface area contributed by atoms with Crippen molar-refractivity contribution in [2.75, 3.05) is 17.7 Å². The van der Waals surface area contributed by atoms with Crippen LogP contribution in [0.25, 0.3) is 0 Å². The molecule has 1 aliphatic rings. The summed E-state index contributed by atoms with van der Waals surface area (Å²) in [6, 6.07) is 1.80. The standard InChI is InChI=1S/C19H24F2N6O2/c1-3-14(22)15(9-4-5-9)26-18-12(20)7-11(16(23)28)17(27-18)25-10-6-13(21)19(29-2)24-8-10/h6-9,14-15H,3-5,22H2,1-2H3,(H2,23,28)(H2,25,26,27)/t14-,15+/m0/s1. The molecule has 8 nitrogen and oxygen atoms in total. The van der Waals surface area contributed by atoms with Crippen LogP contribution in [0.3, 0.4) is 0 Å². The predicted molar refractivity (Wildman–Crippen MR) is 105 cm³/mol. The van der Waals surface area contributed by atoms with Gasteiger partial charge < -0.3 is 26.8 Å². The van der Waals surface area contributed by atoms with Crippen LogP contribution < -0.4 is 26.8 Å². The number of aromatic nitrogens is 2. The number of halogens is 2. The summed E-state index contributed by atoms with van der Waals surface area (Å²) >= 11 is 0. The fraction of sp³-hybridized carbons (Fsp3) is 0.421. The second kappa shape index (κ2) is 8.56. The molecule has 2 aromatic heterocycles. The van der Waals surface area contributed by atoms with Gasteiger partial charge in [-0.15, -0.1) is 0 Å². The van der Waals surface area contributed by atoms with E-state index in [9.17, 15) is 13.6 Å². The Kier molecular flexibility index (Phi) is 6.12. The van der Waals surface area contributed by atoms with Crippen LogP contribution in [0.4, 0.5) is 26.1 Å². The Labute approximate surface area is 167 Å². The minimum absolute atomic E-state index is 0.0209. The van der Waals surface area contributed by atoms with E-state index in [1.807, 2.05) is 6.92 Å². The lowest BCUT2D eigenvalue weighted by Gasteiger charge is -2.25. The molecule has 1 fully saturated rings. The molecule has 1 aliphatic carbocycles. The molecule has 29 heavy (non-hydrogen) atoms. The fourth-order valence-electron chi connectivity index (χ4n) is 3.10. The summed E-state index contributed by atoms with van der Waals surface area (Å²) in [5, 5.41) is 5.84. The van der Waals surface area contributed by atoms with Crippen molar-refractivity contribution in [3.8, 4) is 5.88 Å². The second-order valence-corrected chi connectivity index (χ2v) is 7.00. The van der Waals surface area contributed by atoms with Gasteiger partial charge in [-0.3, -0.25) is 4.79 Å². The van der Waals surface area contributed by atoms with E-state index in [-0.39, 0.29) is 40.9 Å². The number of carbonyl (C=O) groups excluding carboxylic acids is 1. The van der Waals surface area contributed by atoms with Crippen molar-refractivity contribution in [2.45, 2.75) is 38.3 Å². The third-order valence-corrected chi connectivity index (χ3v) is 4.87. The number of nitrogens with two attached hydrogens (primary N) is 2. The summed E-state index contributed by atoms with van der Waals surface area (Å²) in [4.78, 5) is 19.8. The zero-order valence-corrected chi connectivity index (χ0v) is 16.2. The molecule has 0 aliphatic heterocycles. The number of nitrogens with zero attached hydrogens (tertiary/aromatic N) is 2. The van der Waals surface area contributed by atoms with Gasteiger partial charge in [0.05, 0.1) is 24.6 Å². The molecule has 2 atom stereocenters. The van der Waals surface area contributed by atoms with E-state index in [0.29, 0.717) is 5.92 Å². The van der Waals surface area contributed by atoms with Gasteiger partial charge in [0.15, 0.2) is 17.5 Å². The van der Waals surface area contributed by atoms with Crippen molar-refractivity contribution in [1.82, 2.24) is 9.97 Å². The normalized spacial score (nSPS) is 15.5. The molecule has 0 aromatic carbocycles. The molecule has 0 radical (unpaired) electrons. The highest BCUT2D eigenvalue weighted by Gasteiger charge is 2.35. The van der Waals surface area contributed by atoms with Gasteiger partial charge in [0.1, 0.15) is 5.82 Å². The maximum absolute atomic E-state index is 14.6. The van der Waals surface area contributed by atoms with Crippen molar-refractivity contribution in [2.24, 2.45) is 17.4 Å². The first-order valence-electron chi connectivity index (χ1n) is 9.33. The molecule has 0 bridgehead atoms. The lowest BCUT2D eigenvalue weighted by Crippen LogP contribution is -2.42. The number of rotatable bonds is 9. The molecule has 0 unspecified atom stereocenters. The van der Waals surface area contributed by atoms with Crippen LogP contribution in [0.1, 0.15) is 36.5 Å². The van der Waals surface area contributed by atoms with Gasteiger partial charge in [0.2, 0.25) is 5.88 Å². The van der Waals surface area contributed by atoms with E-state index in [1.54, 1.807) is 0 Å². The number of amides is 1. The van der Waals surface area contributed by atoms with Gasteiger partial charge in [-0.05, 0) is 31.2 Å². The van der Waals surface area contributed by atoms with Gasteiger partial charge in [-0.2, -0.15) is 0 Å². The third-order valence-electron chi connectivity index (χ3n) is 4.87. The summed E-state index contributed by atoms with van der Waals surface area (Å²) in [6.07, 6.45) is 4.03. The van der Waals surface area contributed by atoms with Crippen LogP contribution in [-0.2, 0) is 0 Å². The molecule has 2 heterocycles. The molecule has 0 saturated heterocycles. The third kappa shape index (κ3) is 4.70. The number of carbonyl (C=O) groups is 1. The molecule has 0 spiro atoms. The number of primary amides is 1. The van der Waals surface area contributed by atoms with Gasteiger partial charge in [0, 0.05) is 18.2 Å². The Bertz CT molecular complexity index is 907. The summed E-state index contributed by atoms with van der Waals surface area (Å²) in [5.74, 6) is -2.22. The van der Waals surface area contributed by atoms with E-state index in [0.717, 1.165) is 31.4 Å². The summed E-state index contributed by atoms with van der Waals surface area (Å²) in [6.45, 7) is 1.96. The molecule has 2 aromatic rings. The molecule has 1 amide bonds. The van der Waals surface area contributed by atoms with Crippen LogP contribution in [0.15, 0.2) is 18.3 Å². The van der Waals surface area contributed by atoms with E-state index in [4.69, 9.17) is 16.2 Å². The summed E-state index contributed by atoms with van der Waals surface area (Å²) in [5.41, 5.74) is 11.6. The van der Waals surface area contributed by atoms with E-state index in [1.165, 1.54) is 13.3 Å². The number of nitrogens with one attached hydrogen (secondary N) is 2. The molecule has 10 heteroatoms. The minimum atomic E-state index is -0.878. The summed E-state index contributed by atoms with van der Waals surface area (Å²) in [7, 11) is 1.29. The van der Waals surface area contributed by atoms with Gasteiger partial charge >= 0.3 is 0 Å². The zero-order valence-electron chi connectivity index (χ0n) is 16.2. The smallest absolute Gasteiger partial charge is 0.252 e. The molecular weight excluding hydrogens is 382 g/mol. The van der Waals surface area contributed by atoms with E-state index in [2.05, 4.69) is 20.6 Å². The number of anilines is 3. The molecule has 1 saturated carbocycles. The quantitative estimate of drug-likeness (QED) is 0.504. The van der Waals surface area contributed by atoms with Crippen molar-refractivity contribution in [3.63, 3.8) is 0 Å². The Balaban J connectivity index is 1.93. The first kappa shape index (κ1) is 20.7. The average molecular weight is 406 g/mol. The SMILES string of the molecule is CC[C@H](N)[C@H](Nc1nc(Nc2cnc(OC)c(F)c2)c(C(N)=O)cc1F)C1CC1. The number of ether oxygens (including phenoxy) is 1. The Morgan fingerprint density at radius 2 is 2.03 bits per heavy atom. The van der Waals surface area contributed by atoms with Crippen molar-refractivity contribution in [3.05, 3.63) is 35.5 Å². The first-order valence-corrected chi connectivity index (χ1v) is 9.33. The molecule has 3 rings (SSSR count). The minimum Gasteiger partial charge on any atom is -0.479 e. The van der Waals surface area contributed by atoms with Crippen LogP contribution in [0, 0.1) is 17.6 Å². The van der Waals surface area contributed by atoms with Gasteiger partial charge in [0.25, 0.3) is 5.91 Å². The van der Waals surface area contributed by atoms with E-state index >= 15 is 0 Å². The number of hydrogen-bond acceptors (Lipinski definition) is 7. The Hall–Kier alpha value is -3.01. The van der Waals surface area contributed by atoms with E-state index < -0.39 is 17.5 Å². The summed E-state index contributed by atoms with van der Waals surface area (Å²) < 4.78 is 33.3. The topological polar surface area (TPSA) is 128 Å². The van der Waals surface area contributed by atoms with Gasteiger partial charge in [-0.25, -0.2) is 18.7 Å².